The highest BCUT2D eigenvalue weighted by molar-refractivity contribution is 5.32. The van der Waals surface area contributed by atoms with Crippen molar-refractivity contribution < 1.29 is 9.84 Å². The fourth-order valence-corrected chi connectivity index (χ4v) is 2.13. The van der Waals surface area contributed by atoms with Gasteiger partial charge in [0, 0.05) is 12.0 Å². The van der Waals surface area contributed by atoms with Crippen molar-refractivity contribution in [2.24, 2.45) is 11.7 Å². The highest BCUT2D eigenvalue weighted by Gasteiger charge is 2.31. The predicted molar refractivity (Wildman–Crippen MR) is 59.0 cm³/mol. The van der Waals surface area contributed by atoms with Crippen LogP contribution >= 0.6 is 0 Å². The Morgan fingerprint density at radius 3 is 3.07 bits per heavy atom. The lowest BCUT2D eigenvalue weighted by Crippen LogP contribution is -2.23. The first-order valence-corrected chi connectivity index (χ1v) is 5.31. The highest BCUT2D eigenvalue weighted by atomic mass is 16.5. The molecule has 15 heavy (non-hydrogen) atoms. The van der Waals surface area contributed by atoms with Gasteiger partial charge in [-0.1, -0.05) is 17.7 Å². The van der Waals surface area contributed by atoms with E-state index in [0.717, 1.165) is 6.42 Å². The lowest BCUT2D eigenvalue weighted by molar-refractivity contribution is 0.128. The monoisotopic (exact) mass is 207 g/mol. The zero-order valence-corrected chi connectivity index (χ0v) is 8.89. The fourth-order valence-electron chi connectivity index (χ4n) is 2.13. The first-order chi connectivity index (χ1) is 7.20. The van der Waals surface area contributed by atoms with E-state index in [1.165, 1.54) is 5.57 Å². The van der Waals surface area contributed by atoms with Crippen LogP contribution in [-0.2, 0) is 4.74 Å². The Hall–Kier alpha value is -1.06. The maximum atomic E-state index is 9.02. The van der Waals surface area contributed by atoms with E-state index in [4.69, 9.17) is 15.6 Å². The lowest BCUT2D eigenvalue weighted by atomic mass is 9.86. The van der Waals surface area contributed by atoms with E-state index in [-0.39, 0.29) is 24.7 Å². The third-order valence-corrected chi connectivity index (χ3v) is 2.76. The minimum atomic E-state index is -0.0215. The number of rotatable bonds is 3. The van der Waals surface area contributed by atoms with Crippen LogP contribution in [0.15, 0.2) is 35.6 Å². The molecule has 0 saturated heterocycles. The number of aliphatic hydroxyl groups excluding tert-OH is 1. The minimum absolute atomic E-state index is 0.0215. The lowest BCUT2D eigenvalue weighted by Gasteiger charge is -2.23. The molecular formula is C12H17NO2. The van der Waals surface area contributed by atoms with E-state index < -0.39 is 0 Å². The molecule has 0 saturated carbocycles. The van der Waals surface area contributed by atoms with Crippen molar-refractivity contribution in [2.45, 2.75) is 25.5 Å². The molecule has 3 nitrogen and oxygen atoms in total. The van der Waals surface area contributed by atoms with Gasteiger partial charge >= 0.3 is 0 Å². The zero-order valence-electron chi connectivity index (χ0n) is 8.89. The summed E-state index contributed by atoms with van der Waals surface area (Å²) in [5, 5.41) is 9.02. The second-order valence-corrected chi connectivity index (χ2v) is 4.21. The Labute approximate surface area is 89.9 Å². The van der Waals surface area contributed by atoms with Crippen molar-refractivity contribution in [3.05, 3.63) is 35.6 Å². The predicted octanol–water partition coefficient (Wildman–Crippen LogP) is 1.11. The summed E-state index contributed by atoms with van der Waals surface area (Å²) in [6.07, 6.45) is 9.07. The van der Waals surface area contributed by atoms with E-state index in [1.54, 1.807) is 0 Å². The van der Waals surface area contributed by atoms with E-state index in [0.29, 0.717) is 5.76 Å². The Balaban J connectivity index is 2.14. The van der Waals surface area contributed by atoms with Gasteiger partial charge in [-0.25, -0.2) is 0 Å². The van der Waals surface area contributed by atoms with Crippen LogP contribution in [0.3, 0.4) is 0 Å². The zero-order chi connectivity index (χ0) is 10.8. The number of fused-ring (bicyclic) bond motifs is 1. The van der Waals surface area contributed by atoms with Gasteiger partial charge in [-0.05, 0) is 25.5 Å². The molecule has 3 N–H and O–H groups in total. The molecule has 0 bridgehead atoms. The topological polar surface area (TPSA) is 55.5 Å². The average molecular weight is 207 g/mol. The van der Waals surface area contributed by atoms with Gasteiger partial charge in [-0.3, -0.25) is 0 Å². The molecule has 3 unspecified atom stereocenters. The Morgan fingerprint density at radius 2 is 2.40 bits per heavy atom. The SMILES string of the molecule is CC(N)CC1=CC=CC2OC(CO)=CC12. The molecule has 0 amide bonds. The quantitative estimate of drug-likeness (QED) is 0.729. The molecule has 1 aliphatic heterocycles. The van der Waals surface area contributed by atoms with Crippen molar-refractivity contribution in [2.75, 3.05) is 6.61 Å². The number of nitrogens with two attached hydrogens (primary N) is 1. The molecule has 1 aliphatic carbocycles. The van der Waals surface area contributed by atoms with Gasteiger partial charge in [0.15, 0.2) is 0 Å². The van der Waals surface area contributed by atoms with Gasteiger partial charge in [0.05, 0.1) is 0 Å². The summed E-state index contributed by atoms with van der Waals surface area (Å²) in [7, 11) is 0. The van der Waals surface area contributed by atoms with Gasteiger partial charge < -0.3 is 15.6 Å². The van der Waals surface area contributed by atoms with Crippen LogP contribution in [0.2, 0.25) is 0 Å². The summed E-state index contributed by atoms with van der Waals surface area (Å²) in [6, 6.07) is 0.162. The summed E-state index contributed by atoms with van der Waals surface area (Å²) in [4.78, 5) is 0. The number of hydrogen-bond donors (Lipinski definition) is 2. The van der Waals surface area contributed by atoms with Gasteiger partial charge in [-0.2, -0.15) is 0 Å². The van der Waals surface area contributed by atoms with E-state index in [1.807, 2.05) is 25.2 Å². The van der Waals surface area contributed by atoms with Crippen molar-refractivity contribution in [3.8, 4) is 0 Å². The summed E-state index contributed by atoms with van der Waals surface area (Å²) in [6.45, 7) is 1.98. The molecule has 1 heterocycles. The van der Waals surface area contributed by atoms with Crippen LogP contribution in [0, 0.1) is 5.92 Å². The second-order valence-electron chi connectivity index (χ2n) is 4.21. The van der Waals surface area contributed by atoms with E-state index >= 15 is 0 Å². The maximum absolute atomic E-state index is 9.02. The van der Waals surface area contributed by atoms with Crippen molar-refractivity contribution in [1.82, 2.24) is 0 Å². The van der Waals surface area contributed by atoms with Crippen LogP contribution in [0.1, 0.15) is 13.3 Å². The first kappa shape index (κ1) is 10.5. The van der Waals surface area contributed by atoms with Crippen molar-refractivity contribution in [1.29, 1.82) is 0 Å². The van der Waals surface area contributed by atoms with Crippen LogP contribution in [0.4, 0.5) is 0 Å². The van der Waals surface area contributed by atoms with E-state index in [9.17, 15) is 0 Å². The maximum Gasteiger partial charge on any atom is 0.127 e. The van der Waals surface area contributed by atoms with Crippen molar-refractivity contribution >= 4 is 0 Å². The average Bonchev–Trinajstić information content (AvgIpc) is 2.61. The Morgan fingerprint density at radius 1 is 1.60 bits per heavy atom. The largest absolute Gasteiger partial charge is 0.488 e. The second kappa shape index (κ2) is 4.21. The molecule has 0 aromatic rings. The molecule has 82 valence electrons. The standard InChI is InChI=1S/C12H17NO2/c1-8(13)5-9-3-2-4-12-11(9)6-10(7-14)15-12/h2-4,6,8,11-12,14H,5,7,13H2,1H3. The van der Waals surface area contributed by atoms with Gasteiger partial charge in [0.1, 0.15) is 18.5 Å². The summed E-state index contributed by atoms with van der Waals surface area (Å²) < 4.78 is 5.57. The smallest absolute Gasteiger partial charge is 0.127 e. The molecule has 0 spiro atoms. The summed E-state index contributed by atoms with van der Waals surface area (Å²) in [5.41, 5.74) is 7.09. The summed E-state index contributed by atoms with van der Waals surface area (Å²) >= 11 is 0. The number of ether oxygens (including phenoxy) is 1. The Bertz CT molecular complexity index is 329. The van der Waals surface area contributed by atoms with Gasteiger partial charge in [0.25, 0.3) is 0 Å². The van der Waals surface area contributed by atoms with Crippen LogP contribution in [0.25, 0.3) is 0 Å². The Kier molecular flexibility index (Phi) is 2.93. The van der Waals surface area contributed by atoms with E-state index in [2.05, 4.69) is 6.08 Å². The molecule has 3 heteroatoms. The first-order valence-electron chi connectivity index (χ1n) is 5.31. The molecular weight excluding hydrogens is 190 g/mol. The third kappa shape index (κ3) is 2.13. The highest BCUT2D eigenvalue weighted by Crippen LogP contribution is 2.34. The normalized spacial score (nSPS) is 30.3. The fraction of sp³-hybridized carbons (Fsp3) is 0.500. The molecule has 2 aliphatic rings. The molecule has 3 atom stereocenters. The number of allylic oxidation sites excluding steroid dienone is 2. The van der Waals surface area contributed by atoms with Gasteiger partial charge in [0.2, 0.25) is 0 Å². The molecule has 0 radical (unpaired) electrons. The number of hydrogen-bond acceptors (Lipinski definition) is 3. The van der Waals surface area contributed by atoms with Gasteiger partial charge in [-0.15, -0.1) is 0 Å². The molecule has 0 aromatic heterocycles. The molecule has 0 aromatic carbocycles. The van der Waals surface area contributed by atoms with Crippen LogP contribution in [-0.4, -0.2) is 23.9 Å². The van der Waals surface area contributed by atoms with Crippen molar-refractivity contribution in [3.63, 3.8) is 0 Å². The number of aliphatic hydroxyl groups is 1. The minimum Gasteiger partial charge on any atom is -0.488 e. The summed E-state index contributed by atoms with van der Waals surface area (Å²) in [5.74, 6) is 0.940. The van der Waals surface area contributed by atoms with Crippen LogP contribution in [0.5, 0.6) is 0 Å². The molecule has 0 fully saturated rings. The third-order valence-electron chi connectivity index (χ3n) is 2.76. The molecule has 2 rings (SSSR count). The van der Waals surface area contributed by atoms with Crippen LogP contribution < -0.4 is 5.73 Å².